The van der Waals surface area contributed by atoms with Gasteiger partial charge in [0.1, 0.15) is 12.0 Å². The van der Waals surface area contributed by atoms with Gasteiger partial charge in [0.15, 0.2) is 5.89 Å². The van der Waals surface area contributed by atoms with Crippen molar-refractivity contribution in [2.75, 3.05) is 13.2 Å². The molecule has 3 aromatic rings. The summed E-state index contributed by atoms with van der Waals surface area (Å²) in [5.41, 5.74) is 4.24. The van der Waals surface area contributed by atoms with Crippen LogP contribution in [0.3, 0.4) is 0 Å². The number of aliphatic hydroxyl groups excluding tert-OH is 2. The lowest BCUT2D eigenvalue weighted by Crippen LogP contribution is -2.53. The van der Waals surface area contributed by atoms with E-state index in [0.29, 0.717) is 31.1 Å². The molecule has 0 aliphatic rings. The van der Waals surface area contributed by atoms with E-state index in [4.69, 9.17) is 4.42 Å². The first-order valence-corrected chi connectivity index (χ1v) is 11.0. The van der Waals surface area contributed by atoms with Crippen LogP contribution in [0, 0.1) is 0 Å². The van der Waals surface area contributed by atoms with Crippen LogP contribution in [0.25, 0.3) is 11.3 Å². The molecule has 1 heterocycles. The van der Waals surface area contributed by atoms with E-state index in [9.17, 15) is 15.0 Å². The van der Waals surface area contributed by atoms with E-state index >= 15 is 0 Å². The average molecular weight is 437 g/mol. The molecule has 3 N–H and O–H groups in total. The van der Waals surface area contributed by atoms with Gasteiger partial charge in [0.05, 0.1) is 18.8 Å². The highest BCUT2D eigenvalue weighted by molar-refractivity contribution is 5.73. The molecule has 170 valence electrons. The van der Waals surface area contributed by atoms with Crippen LogP contribution < -0.4 is 5.32 Å². The highest BCUT2D eigenvalue weighted by Crippen LogP contribution is 2.23. The molecule has 0 atom stereocenters. The van der Waals surface area contributed by atoms with Gasteiger partial charge >= 0.3 is 0 Å². The number of hydrogen-bond acceptors (Lipinski definition) is 5. The predicted molar refractivity (Wildman–Crippen MR) is 124 cm³/mol. The van der Waals surface area contributed by atoms with Gasteiger partial charge in [-0.25, -0.2) is 4.98 Å². The SMILES string of the molecule is CC(=O)NC(CO)(CO)CCc1ccc(-c2coc(Cc3ccc(C(C)C)cc3)n2)cc1. The van der Waals surface area contributed by atoms with Gasteiger partial charge in [-0.2, -0.15) is 0 Å². The summed E-state index contributed by atoms with van der Waals surface area (Å²) in [5, 5.41) is 22.0. The summed E-state index contributed by atoms with van der Waals surface area (Å²) in [4.78, 5) is 16.0. The molecule has 2 aromatic carbocycles. The van der Waals surface area contributed by atoms with E-state index in [1.165, 1.54) is 12.5 Å². The molecular weight excluding hydrogens is 404 g/mol. The Morgan fingerprint density at radius 1 is 1.03 bits per heavy atom. The molecule has 1 aromatic heterocycles. The Morgan fingerprint density at radius 3 is 2.22 bits per heavy atom. The third-order valence-corrected chi connectivity index (χ3v) is 5.74. The lowest BCUT2D eigenvalue weighted by molar-refractivity contribution is -0.122. The Balaban J connectivity index is 1.62. The monoisotopic (exact) mass is 436 g/mol. The second-order valence-electron chi connectivity index (χ2n) is 8.67. The number of hydrogen-bond donors (Lipinski definition) is 3. The largest absolute Gasteiger partial charge is 0.448 e. The Morgan fingerprint density at radius 2 is 1.66 bits per heavy atom. The predicted octanol–water partition coefficient (Wildman–Crippen LogP) is 3.85. The van der Waals surface area contributed by atoms with Gasteiger partial charge in [-0.15, -0.1) is 0 Å². The van der Waals surface area contributed by atoms with Crippen molar-refractivity contribution < 1.29 is 19.4 Å². The molecule has 0 radical (unpaired) electrons. The van der Waals surface area contributed by atoms with Crippen molar-refractivity contribution in [2.24, 2.45) is 0 Å². The number of carbonyl (C=O) groups excluding carboxylic acids is 1. The molecule has 6 heteroatoms. The second kappa shape index (κ2) is 10.6. The van der Waals surface area contributed by atoms with E-state index in [0.717, 1.165) is 22.4 Å². The van der Waals surface area contributed by atoms with Gasteiger partial charge < -0.3 is 19.9 Å². The third-order valence-electron chi connectivity index (χ3n) is 5.74. The highest BCUT2D eigenvalue weighted by Gasteiger charge is 2.29. The second-order valence-corrected chi connectivity index (χ2v) is 8.67. The summed E-state index contributed by atoms with van der Waals surface area (Å²) in [6, 6.07) is 16.5. The Hall–Kier alpha value is -2.96. The van der Waals surface area contributed by atoms with Gasteiger partial charge in [-0.1, -0.05) is 62.4 Å². The van der Waals surface area contributed by atoms with E-state index in [2.05, 4.69) is 48.4 Å². The summed E-state index contributed by atoms with van der Waals surface area (Å²) in [6.45, 7) is 5.10. The summed E-state index contributed by atoms with van der Waals surface area (Å²) in [5.74, 6) is 0.906. The molecule has 6 nitrogen and oxygen atoms in total. The average Bonchev–Trinajstić information content (AvgIpc) is 3.25. The van der Waals surface area contributed by atoms with Crippen LogP contribution in [0.15, 0.2) is 59.2 Å². The molecule has 0 spiro atoms. The van der Waals surface area contributed by atoms with Crippen LogP contribution in [-0.4, -0.2) is 39.9 Å². The van der Waals surface area contributed by atoms with Crippen LogP contribution in [0.4, 0.5) is 0 Å². The van der Waals surface area contributed by atoms with Crippen molar-refractivity contribution in [2.45, 2.75) is 51.5 Å². The molecule has 3 rings (SSSR count). The third kappa shape index (κ3) is 6.05. The number of amides is 1. The van der Waals surface area contributed by atoms with E-state index in [1.807, 2.05) is 24.3 Å². The van der Waals surface area contributed by atoms with Gasteiger partial charge in [-0.05, 0) is 35.4 Å². The minimum atomic E-state index is -1.01. The van der Waals surface area contributed by atoms with Crippen LogP contribution in [-0.2, 0) is 17.6 Å². The first-order chi connectivity index (χ1) is 15.3. The molecule has 32 heavy (non-hydrogen) atoms. The van der Waals surface area contributed by atoms with Crippen molar-refractivity contribution >= 4 is 5.91 Å². The summed E-state index contributed by atoms with van der Waals surface area (Å²) < 4.78 is 5.68. The number of aryl methyl sites for hydroxylation is 1. The smallest absolute Gasteiger partial charge is 0.217 e. The van der Waals surface area contributed by atoms with Crippen molar-refractivity contribution in [1.29, 1.82) is 0 Å². The summed E-state index contributed by atoms with van der Waals surface area (Å²) in [6.07, 6.45) is 3.36. The van der Waals surface area contributed by atoms with Gasteiger partial charge in [0, 0.05) is 18.9 Å². The highest BCUT2D eigenvalue weighted by atomic mass is 16.3. The van der Waals surface area contributed by atoms with E-state index < -0.39 is 5.54 Å². The lowest BCUT2D eigenvalue weighted by atomic mass is 9.92. The molecule has 0 unspecified atom stereocenters. The van der Waals surface area contributed by atoms with Crippen molar-refractivity contribution in [3.05, 3.63) is 77.4 Å². The quantitative estimate of drug-likeness (QED) is 0.449. The zero-order chi connectivity index (χ0) is 23.1. The number of oxazole rings is 1. The zero-order valence-corrected chi connectivity index (χ0v) is 19.0. The zero-order valence-electron chi connectivity index (χ0n) is 19.0. The van der Waals surface area contributed by atoms with Crippen molar-refractivity contribution in [1.82, 2.24) is 10.3 Å². The van der Waals surface area contributed by atoms with E-state index in [-0.39, 0.29) is 19.1 Å². The van der Waals surface area contributed by atoms with Crippen LogP contribution >= 0.6 is 0 Å². The van der Waals surface area contributed by atoms with Gasteiger partial charge in [-0.3, -0.25) is 4.79 Å². The Bertz CT molecular complexity index is 1000. The van der Waals surface area contributed by atoms with E-state index in [1.54, 1.807) is 6.26 Å². The number of nitrogens with one attached hydrogen (secondary N) is 1. The number of aliphatic hydroxyl groups is 2. The molecular formula is C26H32N2O4. The van der Waals surface area contributed by atoms with Gasteiger partial charge in [0.25, 0.3) is 0 Å². The first-order valence-electron chi connectivity index (χ1n) is 11.0. The first kappa shape index (κ1) is 23.7. The fourth-order valence-corrected chi connectivity index (χ4v) is 3.67. The van der Waals surface area contributed by atoms with Crippen LogP contribution in [0.1, 0.15) is 55.7 Å². The maximum absolute atomic E-state index is 11.4. The number of aromatic nitrogens is 1. The normalized spacial score (nSPS) is 11.7. The minimum Gasteiger partial charge on any atom is -0.448 e. The molecule has 0 aliphatic carbocycles. The topological polar surface area (TPSA) is 95.6 Å². The molecule has 0 saturated heterocycles. The lowest BCUT2D eigenvalue weighted by Gasteiger charge is -2.30. The van der Waals surface area contributed by atoms with Crippen molar-refractivity contribution in [3.8, 4) is 11.3 Å². The van der Waals surface area contributed by atoms with Crippen LogP contribution in [0.2, 0.25) is 0 Å². The molecule has 0 aliphatic heterocycles. The number of carbonyl (C=O) groups is 1. The fraction of sp³-hybridized carbons (Fsp3) is 0.385. The standard InChI is InChI=1S/C26H32N2O4/c1-18(2)22-8-6-21(7-9-22)14-25-27-24(15-32-25)23-10-4-20(5-11-23)12-13-26(16-29,17-30)28-19(3)31/h4-11,15,18,29-30H,12-14,16-17H2,1-3H3,(H,28,31). The fourth-order valence-electron chi connectivity index (χ4n) is 3.67. The number of rotatable bonds is 10. The summed E-state index contributed by atoms with van der Waals surface area (Å²) in [7, 11) is 0. The molecule has 0 saturated carbocycles. The molecule has 1 amide bonds. The Kier molecular flexibility index (Phi) is 7.83. The maximum atomic E-state index is 11.4. The summed E-state index contributed by atoms with van der Waals surface area (Å²) >= 11 is 0. The Labute approximate surface area is 189 Å². The number of benzene rings is 2. The molecule has 0 bridgehead atoms. The van der Waals surface area contributed by atoms with Crippen LogP contribution in [0.5, 0.6) is 0 Å². The maximum Gasteiger partial charge on any atom is 0.217 e. The number of nitrogens with zero attached hydrogens (tertiary/aromatic N) is 1. The van der Waals surface area contributed by atoms with Crippen molar-refractivity contribution in [3.63, 3.8) is 0 Å². The molecule has 0 fully saturated rings. The minimum absolute atomic E-state index is 0.277. The van der Waals surface area contributed by atoms with Gasteiger partial charge in [0.2, 0.25) is 5.91 Å².